The highest BCUT2D eigenvalue weighted by Gasteiger charge is 2.05. The molecule has 1 atom stereocenters. The quantitative estimate of drug-likeness (QED) is 0.919. The molecule has 0 saturated carbocycles. The molecule has 0 aromatic heterocycles. The van der Waals surface area contributed by atoms with Gasteiger partial charge in [-0.15, -0.1) is 0 Å². The molecule has 94 valence electrons. The van der Waals surface area contributed by atoms with Gasteiger partial charge in [0.2, 0.25) is 0 Å². The largest absolute Gasteiger partial charge is 0.492 e. The first-order valence-corrected chi connectivity index (χ1v) is 6.71. The Morgan fingerprint density at radius 1 is 1.06 bits per heavy atom. The minimum atomic E-state index is -0.000457. The fraction of sp³-hybridized carbons (Fsp3) is 0.200. The van der Waals surface area contributed by atoms with E-state index in [1.54, 1.807) is 0 Å². The Bertz CT molecular complexity index is 487. The van der Waals surface area contributed by atoms with Crippen LogP contribution in [0.2, 0.25) is 0 Å². The van der Waals surface area contributed by atoms with Crippen LogP contribution in [0.5, 0.6) is 5.75 Å². The number of hydrogen-bond donors (Lipinski definition) is 1. The van der Waals surface area contributed by atoms with E-state index in [-0.39, 0.29) is 6.04 Å². The van der Waals surface area contributed by atoms with Crippen LogP contribution in [0.3, 0.4) is 0 Å². The number of para-hydroxylation sites is 1. The first-order valence-electron chi connectivity index (χ1n) is 5.92. The molecule has 2 aromatic carbocycles. The van der Waals surface area contributed by atoms with E-state index < -0.39 is 0 Å². The molecular weight excluding hydrogens is 290 g/mol. The lowest BCUT2D eigenvalue weighted by molar-refractivity contribution is 0.287. The van der Waals surface area contributed by atoms with Crippen molar-refractivity contribution in [1.82, 2.24) is 0 Å². The molecule has 0 aliphatic rings. The average molecular weight is 306 g/mol. The summed E-state index contributed by atoms with van der Waals surface area (Å²) < 4.78 is 6.71. The zero-order chi connectivity index (χ0) is 12.8. The average Bonchev–Trinajstić information content (AvgIpc) is 2.38. The molecule has 3 heteroatoms. The van der Waals surface area contributed by atoms with Crippen molar-refractivity contribution in [1.29, 1.82) is 0 Å². The molecule has 0 spiro atoms. The lowest BCUT2D eigenvalue weighted by Crippen LogP contribution is -2.30. The van der Waals surface area contributed by atoms with Crippen LogP contribution in [0.1, 0.15) is 5.56 Å². The highest BCUT2D eigenvalue weighted by Crippen LogP contribution is 2.13. The number of halogens is 1. The SMILES string of the molecule is NC(COc1ccccc1)Cc1cccc(Br)c1. The van der Waals surface area contributed by atoms with Crippen molar-refractivity contribution in [2.45, 2.75) is 12.5 Å². The maximum atomic E-state index is 6.06. The Labute approximate surface area is 116 Å². The van der Waals surface area contributed by atoms with Gasteiger partial charge >= 0.3 is 0 Å². The van der Waals surface area contributed by atoms with Gasteiger partial charge in [-0.2, -0.15) is 0 Å². The summed E-state index contributed by atoms with van der Waals surface area (Å²) in [6.45, 7) is 0.524. The zero-order valence-electron chi connectivity index (χ0n) is 10.1. The van der Waals surface area contributed by atoms with E-state index in [1.165, 1.54) is 5.56 Å². The van der Waals surface area contributed by atoms with Gasteiger partial charge in [-0.05, 0) is 36.2 Å². The molecular formula is C15H16BrNO. The first-order chi connectivity index (χ1) is 8.74. The monoisotopic (exact) mass is 305 g/mol. The lowest BCUT2D eigenvalue weighted by Gasteiger charge is -2.13. The van der Waals surface area contributed by atoms with E-state index in [1.807, 2.05) is 42.5 Å². The molecule has 0 heterocycles. The predicted octanol–water partition coefficient (Wildman–Crippen LogP) is 3.40. The number of rotatable bonds is 5. The number of hydrogen-bond acceptors (Lipinski definition) is 2. The smallest absolute Gasteiger partial charge is 0.119 e. The van der Waals surface area contributed by atoms with Crippen molar-refractivity contribution in [2.24, 2.45) is 5.73 Å². The van der Waals surface area contributed by atoms with Gasteiger partial charge in [0.15, 0.2) is 0 Å². The van der Waals surface area contributed by atoms with Crippen LogP contribution in [0.25, 0.3) is 0 Å². The number of ether oxygens (including phenoxy) is 1. The van der Waals surface area contributed by atoms with Crippen molar-refractivity contribution in [2.75, 3.05) is 6.61 Å². The molecule has 2 nitrogen and oxygen atoms in total. The van der Waals surface area contributed by atoms with Crippen molar-refractivity contribution in [3.8, 4) is 5.75 Å². The van der Waals surface area contributed by atoms with Crippen molar-refractivity contribution < 1.29 is 4.74 Å². The summed E-state index contributed by atoms with van der Waals surface area (Å²) in [5, 5.41) is 0. The molecule has 0 saturated heterocycles. The molecule has 2 N–H and O–H groups in total. The van der Waals surface area contributed by atoms with Gasteiger partial charge in [0.05, 0.1) is 0 Å². The fourth-order valence-electron chi connectivity index (χ4n) is 1.75. The normalized spacial score (nSPS) is 12.1. The number of nitrogens with two attached hydrogens (primary N) is 1. The maximum absolute atomic E-state index is 6.06. The summed E-state index contributed by atoms with van der Waals surface area (Å²) in [6.07, 6.45) is 0.812. The maximum Gasteiger partial charge on any atom is 0.119 e. The van der Waals surface area contributed by atoms with Crippen LogP contribution in [0.15, 0.2) is 59.1 Å². The molecule has 0 fully saturated rings. The van der Waals surface area contributed by atoms with E-state index in [4.69, 9.17) is 10.5 Å². The molecule has 2 rings (SSSR count). The van der Waals surface area contributed by atoms with Gasteiger partial charge in [0, 0.05) is 10.5 Å². The summed E-state index contributed by atoms with van der Waals surface area (Å²) in [7, 11) is 0. The van der Waals surface area contributed by atoms with Gasteiger partial charge in [0.1, 0.15) is 12.4 Å². The van der Waals surface area contributed by atoms with E-state index in [0.29, 0.717) is 6.61 Å². The second-order valence-electron chi connectivity index (χ2n) is 4.22. The molecule has 0 radical (unpaired) electrons. The molecule has 0 bridgehead atoms. The van der Waals surface area contributed by atoms with E-state index in [0.717, 1.165) is 16.6 Å². The second kappa shape index (κ2) is 6.57. The Balaban J connectivity index is 1.84. The van der Waals surface area contributed by atoms with Gasteiger partial charge in [-0.1, -0.05) is 46.3 Å². The summed E-state index contributed by atoms with van der Waals surface area (Å²) in [5.74, 6) is 0.863. The zero-order valence-corrected chi connectivity index (χ0v) is 11.6. The predicted molar refractivity (Wildman–Crippen MR) is 77.8 cm³/mol. The first kappa shape index (κ1) is 13.1. The topological polar surface area (TPSA) is 35.2 Å². The minimum absolute atomic E-state index is 0.000457. The molecule has 1 unspecified atom stereocenters. The third-order valence-corrected chi connectivity index (χ3v) is 3.09. The van der Waals surface area contributed by atoms with Crippen LogP contribution < -0.4 is 10.5 Å². The number of benzene rings is 2. The van der Waals surface area contributed by atoms with Crippen LogP contribution in [-0.2, 0) is 6.42 Å². The minimum Gasteiger partial charge on any atom is -0.492 e. The third-order valence-electron chi connectivity index (χ3n) is 2.59. The van der Waals surface area contributed by atoms with Crippen molar-refractivity contribution in [3.05, 3.63) is 64.6 Å². The van der Waals surface area contributed by atoms with Gasteiger partial charge < -0.3 is 10.5 Å². The van der Waals surface area contributed by atoms with E-state index >= 15 is 0 Å². The van der Waals surface area contributed by atoms with E-state index in [2.05, 4.69) is 28.1 Å². The molecule has 0 amide bonds. The van der Waals surface area contributed by atoms with Crippen LogP contribution in [0, 0.1) is 0 Å². The van der Waals surface area contributed by atoms with Gasteiger partial charge in [-0.3, -0.25) is 0 Å². The van der Waals surface area contributed by atoms with Crippen LogP contribution in [-0.4, -0.2) is 12.6 Å². The molecule has 0 aliphatic heterocycles. The molecule has 18 heavy (non-hydrogen) atoms. The summed E-state index contributed by atoms with van der Waals surface area (Å²) in [4.78, 5) is 0. The standard InChI is InChI=1S/C15H16BrNO/c16-13-6-4-5-12(9-13)10-14(17)11-18-15-7-2-1-3-8-15/h1-9,14H,10-11,17H2. The molecule has 0 aliphatic carbocycles. The Morgan fingerprint density at radius 3 is 2.56 bits per heavy atom. The molecule has 2 aromatic rings. The summed E-state index contributed by atoms with van der Waals surface area (Å²) in [6, 6.07) is 17.9. The van der Waals surface area contributed by atoms with Crippen LogP contribution >= 0.6 is 15.9 Å². The summed E-state index contributed by atoms with van der Waals surface area (Å²) in [5.41, 5.74) is 7.28. The van der Waals surface area contributed by atoms with Crippen molar-refractivity contribution in [3.63, 3.8) is 0 Å². The Morgan fingerprint density at radius 2 is 1.83 bits per heavy atom. The fourth-order valence-corrected chi connectivity index (χ4v) is 2.19. The summed E-state index contributed by atoms with van der Waals surface area (Å²) >= 11 is 3.46. The van der Waals surface area contributed by atoms with Crippen LogP contribution in [0.4, 0.5) is 0 Å². The third kappa shape index (κ3) is 4.17. The van der Waals surface area contributed by atoms with Gasteiger partial charge in [0.25, 0.3) is 0 Å². The Kier molecular flexibility index (Phi) is 4.79. The van der Waals surface area contributed by atoms with E-state index in [9.17, 15) is 0 Å². The highest BCUT2D eigenvalue weighted by atomic mass is 79.9. The second-order valence-corrected chi connectivity index (χ2v) is 5.13. The van der Waals surface area contributed by atoms with Crippen molar-refractivity contribution >= 4 is 15.9 Å². The lowest BCUT2D eigenvalue weighted by atomic mass is 10.1. The Hall–Kier alpha value is -1.32. The van der Waals surface area contributed by atoms with Gasteiger partial charge in [-0.25, -0.2) is 0 Å². The highest BCUT2D eigenvalue weighted by molar-refractivity contribution is 9.10.